The third kappa shape index (κ3) is 3.35. The molecule has 3 atom stereocenters. The zero-order valence-electron chi connectivity index (χ0n) is 18.1. The van der Waals surface area contributed by atoms with Gasteiger partial charge >= 0.3 is 5.97 Å². The van der Waals surface area contributed by atoms with Gasteiger partial charge in [-0.3, -0.25) is 0 Å². The lowest BCUT2D eigenvalue weighted by Crippen LogP contribution is -2.42. The Morgan fingerprint density at radius 1 is 1.28 bits per heavy atom. The van der Waals surface area contributed by atoms with Crippen molar-refractivity contribution >= 4 is 5.97 Å². The molecule has 2 aromatic carbocycles. The highest BCUT2D eigenvalue weighted by Crippen LogP contribution is 2.56. The second-order valence-corrected chi connectivity index (χ2v) is 8.84. The molecule has 2 heterocycles. The lowest BCUT2D eigenvalue weighted by atomic mass is 9.67. The largest absolute Gasteiger partial charge is 0.493 e. The van der Waals surface area contributed by atoms with E-state index in [9.17, 15) is 13.6 Å². The lowest BCUT2D eigenvalue weighted by Gasteiger charge is -2.37. The Bertz CT molecular complexity index is 1100. The standard InChI is InChI=1S/C25H25F2NO4/c1-28-10-9-25-8-7-15(14-31-24(29)18-5-4-17(26)12-19(18)27)11-21(25)32-23-20(30-2)6-3-16(13-28)22(23)25/h3-8,12,15,21H,9-11,13-14H2,1-2H3/t15-,21?,25-/m0/s1. The van der Waals surface area contributed by atoms with Crippen LogP contribution in [0.15, 0.2) is 42.5 Å². The molecule has 0 amide bonds. The van der Waals surface area contributed by atoms with Crippen LogP contribution < -0.4 is 9.47 Å². The summed E-state index contributed by atoms with van der Waals surface area (Å²) in [6.07, 6.45) is 5.77. The summed E-state index contributed by atoms with van der Waals surface area (Å²) in [4.78, 5) is 14.6. The van der Waals surface area contributed by atoms with Crippen molar-refractivity contribution in [2.75, 3.05) is 27.3 Å². The molecule has 1 spiro atoms. The van der Waals surface area contributed by atoms with Crippen LogP contribution in [-0.4, -0.2) is 44.3 Å². The number of benzene rings is 2. The van der Waals surface area contributed by atoms with Gasteiger partial charge < -0.3 is 19.1 Å². The smallest absolute Gasteiger partial charge is 0.341 e. The van der Waals surface area contributed by atoms with E-state index in [1.54, 1.807) is 7.11 Å². The third-order valence-electron chi connectivity index (χ3n) is 6.84. The maximum Gasteiger partial charge on any atom is 0.341 e. The first-order chi connectivity index (χ1) is 15.4. The second kappa shape index (κ2) is 7.89. The summed E-state index contributed by atoms with van der Waals surface area (Å²) in [5, 5.41) is 0. The van der Waals surface area contributed by atoms with Crippen LogP contribution in [0.5, 0.6) is 11.5 Å². The van der Waals surface area contributed by atoms with Crippen LogP contribution in [0.2, 0.25) is 0 Å². The lowest BCUT2D eigenvalue weighted by molar-refractivity contribution is 0.0396. The Hall–Kier alpha value is -2.93. The van der Waals surface area contributed by atoms with E-state index in [0.717, 1.165) is 43.1 Å². The Kier molecular flexibility index (Phi) is 5.16. The number of halogens is 2. The molecule has 0 saturated heterocycles. The zero-order chi connectivity index (χ0) is 22.5. The molecule has 0 radical (unpaired) electrons. The minimum Gasteiger partial charge on any atom is -0.493 e. The normalized spacial score (nSPS) is 26.0. The number of esters is 1. The SMILES string of the molecule is COc1ccc2c3c1OC1C[C@@H](COC(=O)c4ccc(F)cc4F)C=C[C@@]31CCN(C)C2. The first kappa shape index (κ1) is 20.9. The predicted octanol–water partition coefficient (Wildman–Crippen LogP) is 4.24. The van der Waals surface area contributed by atoms with Gasteiger partial charge in [-0.15, -0.1) is 0 Å². The van der Waals surface area contributed by atoms with Gasteiger partial charge in [0, 0.05) is 24.1 Å². The Balaban J connectivity index is 1.38. The van der Waals surface area contributed by atoms with Gasteiger partial charge in [-0.25, -0.2) is 13.6 Å². The Labute approximate surface area is 185 Å². The first-order valence-corrected chi connectivity index (χ1v) is 10.8. The molecule has 0 bridgehead atoms. The fourth-order valence-corrected chi connectivity index (χ4v) is 5.20. The number of hydrogen-bond donors (Lipinski definition) is 0. The first-order valence-electron chi connectivity index (χ1n) is 10.8. The number of ether oxygens (including phenoxy) is 3. The molecule has 7 heteroatoms. The van der Waals surface area contributed by atoms with Gasteiger partial charge in [0.1, 0.15) is 17.7 Å². The topological polar surface area (TPSA) is 48.0 Å². The minimum atomic E-state index is -0.926. The molecule has 1 aliphatic carbocycles. The zero-order valence-corrected chi connectivity index (χ0v) is 18.1. The van der Waals surface area contributed by atoms with Crippen molar-refractivity contribution in [3.63, 3.8) is 0 Å². The van der Waals surface area contributed by atoms with Gasteiger partial charge in [-0.1, -0.05) is 18.2 Å². The van der Waals surface area contributed by atoms with Gasteiger partial charge in [-0.05, 0) is 50.2 Å². The van der Waals surface area contributed by atoms with Crippen LogP contribution in [0.3, 0.4) is 0 Å². The van der Waals surface area contributed by atoms with E-state index >= 15 is 0 Å². The summed E-state index contributed by atoms with van der Waals surface area (Å²) in [5.74, 6) is -0.993. The summed E-state index contributed by atoms with van der Waals surface area (Å²) >= 11 is 0. The number of carbonyl (C=O) groups is 1. The highest BCUT2D eigenvalue weighted by molar-refractivity contribution is 5.89. The third-order valence-corrected chi connectivity index (χ3v) is 6.84. The van der Waals surface area contributed by atoms with E-state index in [2.05, 4.69) is 30.2 Å². The van der Waals surface area contributed by atoms with E-state index in [1.165, 1.54) is 11.1 Å². The molecular formula is C25H25F2NO4. The average Bonchev–Trinajstić information content (AvgIpc) is 3.03. The van der Waals surface area contributed by atoms with Crippen LogP contribution in [0, 0.1) is 17.6 Å². The summed E-state index contributed by atoms with van der Waals surface area (Å²) in [5.41, 5.74) is 1.93. The van der Waals surface area contributed by atoms with Crippen LogP contribution in [0.1, 0.15) is 34.3 Å². The minimum absolute atomic E-state index is 0.0668. The van der Waals surface area contributed by atoms with Crippen molar-refractivity contribution in [1.29, 1.82) is 0 Å². The number of nitrogens with zero attached hydrogens (tertiary/aromatic N) is 1. The monoisotopic (exact) mass is 441 g/mol. The number of rotatable bonds is 4. The van der Waals surface area contributed by atoms with Crippen molar-refractivity contribution in [3.05, 3.63) is 70.8 Å². The van der Waals surface area contributed by atoms with E-state index < -0.39 is 17.6 Å². The Morgan fingerprint density at radius 3 is 2.91 bits per heavy atom. The molecule has 1 unspecified atom stereocenters. The van der Waals surface area contributed by atoms with Gasteiger partial charge in [-0.2, -0.15) is 0 Å². The molecule has 5 rings (SSSR count). The molecule has 2 aliphatic heterocycles. The van der Waals surface area contributed by atoms with Crippen molar-refractivity contribution < 1.29 is 27.8 Å². The van der Waals surface area contributed by atoms with Gasteiger partial charge in [0.15, 0.2) is 11.5 Å². The summed E-state index contributed by atoms with van der Waals surface area (Å²) in [6, 6.07) is 6.90. The molecule has 0 fully saturated rings. The second-order valence-electron chi connectivity index (χ2n) is 8.84. The number of hydrogen-bond acceptors (Lipinski definition) is 5. The Morgan fingerprint density at radius 2 is 2.12 bits per heavy atom. The molecule has 5 nitrogen and oxygen atoms in total. The fraction of sp³-hybridized carbons (Fsp3) is 0.400. The molecular weight excluding hydrogens is 416 g/mol. The van der Waals surface area contributed by atoms with Crippen LogP contribution >= 0.6 is 0 Å². The molecule has 0 saturated carbocycles. The van der Waals surface area contributed by atoms with E-state index in [1.807, 2.05) is 6.07 Å². The van der Waals surface area contributed by atoms with Crippen molar-refractivity contribution in [1.82, 2.24) is 4.90 Å². The number of methoxy groups -OCH3 is 1. The van der Waals surface area contributed by atoms with Gasteiger partial charge in [0.05, 0.1) is 24.7 Å². The maximum atomic E-state index is 13.9. The van der Waals surface area contributed by atoms with Crippen LogP contribution in [0.25, 0.3) is 0 Å². The molecule has 0 aromatic heterocycles. The maximum absolute atomic E-state index is 13.9. The highest BCUT2D eigenvalue weighted by Gasteiger charge is 2.52. The summed E-state index contributed by atoms with van der Waals surface area (Å²) < 4.78 is 44.4. The van der Waals surface area contributed by atoms with Crippen LogP contribution in [-0.2, 0) is 16.7 Å². The van der Waals surface area contributed by atoms with Crippen molar-refractivity contribution in [3.8, 4) is 11.5 Å². The van der Waals surface area contributed by atoms with E-state index in [0.29, 0.717) is 12.5 Å². The molecule has 0 N–H and O–H groups in total. The fourth-order valence-electron chi connectivity index (χ4n) is 5.20. The summed E-state index contributed by atoms with van der Waals surface area (Å²) in [6.45, 7) is 1.88. The quantitative estimate of drug-likeness (QED) is 0.525. The van der Waals surface area contributed by atoms with Crippen molar-refractivity contribution in [2.45, 2.75) is 30.9 Å². The van der Waals surface area contributed by atoms with E-state index in [-0.39, 0.29) is 29.6 Å². The number of carbonyl (C=O) groups excluding carboxylic acids is 1. The predicted molar refractivity (Wildman–Crippen MR) is 114 cm³/mol. The molecule has 168 valence electrons. The van der Waals surface area contributed by atoms with E-state index in [4.69, 9.17) is 14.2 Å². The molecule has 32 heavy (non-hydrogen) atoms. The van der Waals surface area contributed by atoms with Gasteiger partial charge in [0.2, 0.25) is 0 Å². The van der Waals surface area contributed by atoms with Crippen molar-refractivity contribution in [2.24, 2.45) is 5.92 Å². The highest BCUT2D eigenvalue weighted by atomic mass is 19.1. The molecule has 2 aromatic rings. The molecule has 3 aliphatic rings. The van der Waals surface area contributed by atoms with Gasteiger partial charge in [0.25, 0.3) is 0 Å². The summed E-state index contributed by atoms with van der Waals surface area (Å²) in [7, 11) is 3.76. The average molecular weight is 441 g/mol. The van der Waals surface area contributed by atoms with Crippen LogP contribution in [0.4, 0.5) is 8.78 Å².